The Morgan fingerprint density at radius 2 is 1.75 bits per heavy atom. The van der Waals surface area contributed by atoms with Crippen LogP contribution in [0.15, 0.2) is 47.4 Å². The number of nitrogens with one attached hydrogen (secondary N) is 1. The Balaban J connectivity index is 2.11. The van der Waals surface area contributed by atoms with Crippen LogP contribution in [0.25, 0.3) is 0 Å². The summed E-state index contributed by atoms with van der Waals surface area (Å²) in [7, 11) is -2.56. The Morgan fingerprint density at radius 3 is 2.33 bits per heavy atom. The van der Waals surface area contributed by atoms with E-state index in [1.54, 1.807) is 12.1 Å². The lowest BCUT2D eigenvalue weighted by Gasteiger charge is -2.18. The minimum absolute atomic E-state index is 0.0189. The molecule has 0 aromatic heterocycles. The first-order valence-corrected chi connectivity index (χ1v) is 8.73. The van der Waals surface area contributed by atoms with E-state index in [1.165, 1.54) is 20.0 Å². The maximum atomic E-state index is 13.1. The molecule has 5 nitrogen and oxygen atoms in total. The van der Waals surface area contributed by atoms with E-state index in [0.717, 1.165) is 22.0 Å². The Kier molecular flexibility index (Phi) is 5.36. The van der Waals surface area contributed by atoms with Crippen molar-refractivity contribution < 1.29 is 17.6 Å². The van der Waals surface area contributed by atoms with Crippen molar-refractivity contribution >= 4 is 21.6 Å². The number of halogens is 1. The highest BCUT2D eigenvalue weighted by Crippen LogP contribution is 2.19. The summed E-state index contributed by atoms with van der Waals surface area (Å²) in [5, 5.41) is 2.64. The lowest BCUT2D eigenvalue weighted by atomic mass is 10.2. The Bertz CT molecular complexity index is 849. The molecule has 1 N–H and O–H groups in total. The number of sulfonamides is 1. The van der Waals surface area contributed by atoms with E-state index in [9.17, 15) is 17.6 Å². The van der Waals surface area contributed by atoms with Crippen LogP contribution in [0.5, 0.6) is 0 Å². The third kappa shape index (κ3) is 4.18. The Morgan fingerprint density at radius 1 is 1.12 bits per heavy atom. The average molecular weight is 350 g/mol. The van der Waals surface area contributed by atoms with E-state index in [2.05, 4.69) is 5.32 Å². The van der Waals surface area contributed by atoms with Gasteiger partial charge in [-0.05, 0) is 49.7 Å². The van der Waals surface area contributed by atoms with E-state index < -0.39 is 21.7 Å². The first-order chi connectivity index (χ1) is 11.2. The predicted molar refractivity (Wildman–Crippen MR) is 90.8 cm³/mol. The van der Waals surface area contributed by atoms with Crippen LogP contribution in [0.2, 0.25) is 0 Å². The van der Waals surface area contributed by atoms with Crippen LogP contribution in [-0.4, -0.2) is 32.2 Å². The topological polar surface area (TPSA) is 66.5 Å². The van der Waals surface area contributed by atoms with Gasteiger partial charge in [0.15, 0.2) is 0 Å². The second-order valence-electron chi connectivity index (χ2n) is 5.59. The molecule has 2 aromatic carbocycles. The largest absolute Gasteiger partial charge is 0.325 e. The molecule has 0 heterocycles. The monoisotopic (exact) mass is 350 g/mol. The molecule has 128 valence electrons. The van der Waals surface area contributed by atoms with Gasteiger partial charge in [0.05, 0.1) is 11.4 Å². The summed E-state index contributed by atoms with van der Waals surface area (Å²) >= 11 is 0. The zero-order chi connectivity index (χ0) is 17.9. The van der Waals surface area contributed by atoms with E-state index in [1.807, 2.05) is 19.1 Å². The van der Waals surface area contributed by atoms with Crippen molar-refractivity contribution in [2.75, 3.05) is 18.9 Å². The second kappa shape index (κ2) is 7.11. The number of anilines is 1. The number of aryl methyl sites for hydroxylation is 2. The SMILES string of the molecule is Cc1ccc(NC(=O)CN(C)S(=O)(=O)c2ccc(F)cc2C)cc1. The van der Waals surface area contributed by atoms with Gasteiger partial charge in [0.2, 0.25) is 15.9 Å². The number of hydrogen-bond acceptors (Lipinski definition) is 3. The maximum absolute atomic E-state index is 13.1. The molecule has 0 saturated carbocycles. The van der Waals surface area contributed by atoms with Crippen LogP contribution in [0.4, 0.5) is 10.1 Å². The summed E-state index contributed by atoms with van der Waals surface area (Å²) < 4.78 is 39.1. The molecule has 0 saturated heterocycles. The fourth-order valence-corrected chi connectivity index (χ4v) is 3.52. The standard InChI is InChI=1S/C17H19FN2O3S/c1-12-4-7-15(8-5-12)19-17(21)11-20(3)24(22,23)16-9-6-14(18)10-13(16)2/h4-10H,11H2,1-3H3,(H,19,21). The van der Waals surface area contributed by atoms with E-state index >= 15 is 0 Å². The van der Waals surface area contributed by atoms with Crippen molar-refractivity contribution in [1.29, 1.82) is 0 Å². The average Bonchev–Trinajstić information content (AvgIpc) is 2.49. The molecule has 0 radical (unpaired) electrons. The van der Waals surface area contributed by atoms with Gasteiger partial charge < -0.3 is 5.32 Å². The van der Waals surface area contributed by atoms with Gasteiger partial charge in [-0.15, -0.1) is 0 Å². The molecule has 0 aliphatic heterocycles. The van der Waals surface area contributed by atoms with Gasteiger partial charge in [-0.1, -0.05) is 17.7 Å². The van der Waals surface area contributed by atoms with E-state index in [-0.39, 0.29) is 11.4 Å². The zero-order valence-electron chi connectivity index (χ0n) is 13.7. The molecule has 2 aromatic rings. The van der Waals surface area contributed by atoms with Crippen molar-refractivity contribution in [3.63, 3.8) is 0 Å². The summed E-state index contributed by atoms with van der Waals surface area (Å²) in [4.78, 5) is 12.0. The molecule has 0 aliphatic rings. The molecule has 2 rings (SSSR count). The quantitative estimate of drug-likeness (QED) is 0.902. The molecule has 0 atom stereocenters. The lowest BCUT2D eigenvalue weighted by Crippen LogP contribution is -2.35. The smallest absolute Gasteiger partial charge is 0.243 e. The molecule has 1 amide bonds. The lowest BCUT2D eigenvalue weighted by molar-refractivity contribution is -0.116. The highest BCUT2D eigenvalue weighted by molar-refractivity contribution is 7.89. The van der Waals surface area contributed by atoms with Crippen LogP contribution in [-0.2, 0) is 14.8 Å². The number of carbonyl (C=O) groups is 1. The van der Waals surface area contributed by atoms with Gasteiger partial charge in [0, 0.05) is 12.7 Å². The predicted octanol–water partition coefficient (Wildman–Crippen LogP) is 2.70. The van der Waals surface area contributed by atoms with Crippen molar-refractivity contribution in [3.8, 4) is 0 Å². The number of likely N-dealkylation sites (N-methyl/N-ethyl adjacent to an activating group) is 1. The highest BCUT2D eigenvalue weighted by Gasteiger charge is 2.24. The van der Waals surface area contributed by atoms with Gasteiger partial charge in [0.1, 0.15) is 5.82 Å². The van der Waals surface area contributed by atoms with Crippen LogP contribution in [0, 0.1) is 19.7 Å². The van der Waals surface area contributed by atoms with Crippen molar-refractivity contribution in [2.45, 2.75) is 18.7 Å². The molecule has 0 aliphatic carbocycles. The normalized spacial score (nSPS) is 11.5. The minimum atomic E-state index is -3.87. The van der Waals surface area contributed by atoms with Crippen molar-refractivity contribution in [1.82, 2.24) is 4.31 Å². The van der Waals surface area contributed by atoms with Gasteiger partial charge in [-0.2, -0.15) is 4.31 Å². The molecule has 0 fully saturated rings. The number of hydrogen-bond donors (Lipinski definition) is 1. The van der Waals surface area contributed by atoms with Crippen molar-refractivity contribution in [2.24, 2.45) is 0 Å². The summed E-state index contributed by atoms with van der Waals surface area (Å²) in [6.45, 7) is 3.10. The Hall–Kier alpha value is -2.25. The zero-order valence-corrected chi connectivity index (χ0v) is 14.5. The van der Waals surface area contributed by atoms with E-state index in [0.29, 0.717) is 11.3 Å². The van der Waals surface area contributed by atoms with Crippen LogP contribution >= 0.6 is 0 Å². The fraction of sp³-hybridized carbons (Fsp3) is 0.235. The summed E-state index contributed by atoms with van der Waals surface area (Å²) in [5.41, 5.74) is 1.94. The van der Waals surface area contributed by atoms with Crippen molar-refractivity contribution in [3.05, 3.63) is 59.4 Å². The summed E-state index contributed by atoms with van der Waals surface area (Å²) in [6, 6.07) is 10.6. The molecular formula is C17H19FN2O3S. The number of rotatable bonds is 5. The first kappa shape index (κ1) is 18.1. The van der Waals surface area contributed by atoms with Crippen LogP contribution < -0.4 is 5.32 Å². The molecular weight excluding hydrogens is 331 g/mol. The molecule has 7 heteroatoms. The summed E-state index contributed by atoms with van der Waals surface area (Å²) in [6.07, 6.45) is 0. The second-order valence-corrected chi connectivity index (χ2v) is 7.60. The fourth-order valence-electron chi connectivity index (χ4n) is 2.19. The summed E-state index contributed by atoms with van der Waals surface area (Å²) in [5.74, 6) is -0.962. The van der Waals surface area contributed by atoms with E-state index in [4.69, 9.17) is 0 Å². The van der Waals surface area contributed by atoms with Gasteiger partial charge in [-0.25, -0.2) is 12.8 Å². The third-order valence-corrected chi connectivity index (χ3v) is 5.49. The first-order valence-electron chi connectivity index (χ1n) is 7.29. The van der Waals surface area contributed by atoms with Crippen LogP contribution in [0.3, 0.4) is 0 Å². The molecule has 0 unspecified atom stereocenters. The maximum Gasteiger partial charge on any atom is 0.243 e. The minimum Gasteiger partial charge on any atom is -0.325 e. The number of carbonyl (C=O) groups excluding carboxylic acids is 1. The van der Waals surface area contributed by atoms with Gasteiger partial charge in [-0.3, -0.25) is 4.79 Å². The number of benzene rings is 2. The molecule has 0 spiro atoms. The third-order valence-electron chi connectivity index (χ3n) is 3.53. The highest BCUT2D eigenvalue weighted by atomic mass is 32.2. The Labute approximate surface area is 141 Å². The number of nitrogens with zero attached hydrogens (tertiary/aromatic N) is 1. The molecule has 24 heavy (non-hydrogen) atoms. The molecule has 0 bridgehead atoms. The van der Waals surface area contributed by atoms with Gasteiger partial charge in [0.25, 0.3) is 0 Å². The number of amides is 1. The van der Waals surface area contributed by atoms with Gasteiger partial charge >= 0.3 is 0 Å². The van der Waals surface area contributed by atoms with Crippen LogP contribution in [0.1, 0.15) is 11.1 Å².